The summed E-state index contributed by atoms with van der Waals surface area (Å²) in [5, 5.41) is 0. The SMILES string of the molecule is C1=Cc2cc3ccc(cc4ccc(cc5nc(cc1n2)C=C5)[nH]4)[nH]3.CCCCCCCCCCNNNN.[Ni]. The number of aromatic amines is 2. The van der Waals surface area contributed by atoms with Gasteiger partial charge < -0.3 is 9.97 Å². The van der Waals surface area contributed by atoms with Crippen LogP contribution in [0.2, 0.25) is 0 Å². The Morgan fingerprint density at radius 2 is 1.05 bits per heavy atom. The minimum Gasteiger partial charge on any atom is -0.355 e. The Morgan fingerprint density at radius 3 is 1.54 bits per heavy atom. The van der Waals surface area contributed by atoms with Gasteiger partial charge in [-0.15, -0.1) is 0 Å². The summed E-state index contributed by atoms with van der Waals surface area (Å²) in [6.45, 7) is 3.23. The van der Waals surface area contributed by atoms with E-state index in [9.17, 15) is 0 Å². The maximum atomic E-state index is 5.01. The molecule has 7 N–H and O–H groups in total. The van der Waals surface area contributed by atoms with Crippen molar-refractivity contribution >= 4 is 46.4 Å². The molecule has 9 heteroatoms. The molecule has 0 saturated heterocycles. The second-order valence-corrected chi connectivity index (χ2v) is 9.58. The molecule has 0 unspecified atom stereocenters. The molecule has 8 bridgehead atoms. The van der Waals surface area contributed by atoms with Crippen LogP contribution >= 0.6 is 0 Å². The Bertz CT molecular complexity index is 1270. The van der Waals surface area contributed by atoms with Crippen molar-refractivity contribution in [1.29, 1.82) is 0 Å². The van der Waals surface area contributed by atoms with E-state index < -0.39 is 0 Å². The molecule has 0 radical (unpaired) electrons. The second kappa shape index (κ2) is 16.8. The predicted molar refractivity (Wildman–Crippen MR) is 160 cm³/mol. The summed E-state index contributed by atoms with van der Waals surface area (Å²) in [6, 6.07) is 16.4. The van der Waals surface area contributed by atoms with Gasteiger partial charge in [0.25, 0.3) is 0 Å². The molecule has 0 aliphatic carbocycles. The molecule has 0 spiro atoms. The van der Waals surface area contributed by atoms with Gasteiger partial charge in [0.2, 0.25) is 0 Å². The number of hydrogen-bond acceptors (Lipinski definition) is 6. The first-order valence-corrected chi connectivity index (χ1v) is 13.7. The van der Waals surface area contributed by atoms with Crippen molar-refractivity contribution in [2.75, 3.05) is 6.54 Å². The predicted octanol–water partition coefficient (Wildman–Crippen LogP) is 6.25. The van der Waals surface area contributed by atoms with Gasteiger partial charge in [-0.05, 0) is 79.3 Å². The van der Waals surface area contributed by atoms with Crippen molar-refractivity contribution in [2.24, 2.45) is 5.84 Å². The zero-order valence-electron chi connectivity index (χ0n) is 22.6. The van der Waals surface area contributed by atoms with E-state index in [1.165, 1.54) is 51.4 Å². The molecule has 0 atom stereocenters. The molecular weight excluding hydrogens is 531 g/mol. The summed E-state index contributed by atoms with van der Waals surface area (Å²) >= 11 is 0. The second-order valence-electron chi connectivity index (χ2n) is 9.58. The zero-order valence-corrected chi connectivity index (χ0v) is 23.6. The molecule has 0 aromatic carbocycles. The minimum absolute atomic E-state index is 0. The van der Waals surface area contributed by atoms with Gasteiger partial charge in [-0.25, -0.2) is 15.4 Å². The maximum absolute atomic E-state index is 5.01. The third kappa shape index (κ3) is 10.5. The Kier molecular flexibility index (Phi) is 13.1. The molecule has 0 saturated carbocycles. The molecule has 5 heterocycles. The average molecular weight is 571 g/mol. The van der Waals surface area contributed by atoms with Gasteiger partial charge in [0, 0.05) is 45.1 Å². The van der Waals surface area contributed by atoms with E-state index in [4.69, 9.17) is 5.84 Å². The van der Waals surface area contributed by atoms with E-state index in [0.29, 0.717) is 0 Å². The largest absolute Gasteiger partial charge is 0.355 e. The van der Waals surface area contributed by atoms with Crippen LogP contribution in [-0.4, -0.2) is 26.5 Å². The molecule has 2 aliphatic heterocycles. The third-order valence-electron chi connectivity index (χ3n) is 6.36. The first-order valence-electron chi connectivity index (χ1n) is 13.7. The summed E-state index contributed by atoms with van der Waals surface area (Å²) in [4.78, 5) is 16.0. The van der Waals surface area contributed by atoms with Crippen LogP contribution in [0, 0.1) is 0 Å². The quantitative estimate of drug-likeness (QED) is 0.0483. The van der Waals surface area contributed by atoms with E-state index in [1.54, 1.807) is 0 Å². The van der Waals surface area contributed by atoms with Crippen molar-refractivity contribution in [3.8, 4) is 0 Å². The number of nitrogens with zero attached hydrogens (tertiary/aromatic N) is 2. The monoisotopic (exact) mass is 570 g/mol. The van der Waals surface area contributed by atoms with Crippen molar-refractivity contribution in [3.63, 3.8) is 0 Å². The third-order valence-corrected chi connectivity index (χ3v) is 6.36. The molecule has 39 heavy (non-hydrogen) atoms. The number of aromatic nitrogens is 4. The van der Waals surface area contributed by atoms with Gasteiger partial charge in [0.15, 0.2) is 0 Å². The van der Waals surface area contributed by atoms with E-state index in [0.717, 1.165) is 51.4 Å². The van der Waals surface area contributed by atoms with Gasteiger partial charge in [0.1, 0.15) is 0 Å². The molecule has 5 rings (SSSR count). The summed E-state index contributed by atoms with van der Waals surface area (Å²) in [7, 11) is 0. The standard InChI is InChI=1S/C20H14N4.C10H26N4.Ni/c1-2-14-10-16-5-6-18(23-16)12-20-8-7-19(24-20)11-17-4-3-15(22-17)9-13(1)21-14;1-2-3-4-5-6-7-8-9-10-12-14-13-11;/h1-12,21-22H;12-14H,2-11H2,1H3;. The number of H-pyrrole nitrogens is 2. The van der Waals surface area contributed by atoms with Crippen LogP contribution in [0.4, 0.5) is 0 Å². The van der Waals surface area contributed by atoms with Crippen LogP contribution < -0.4 is 22.3 Å². The number of nitrogens with one attached hydrogen (secondary N) is 5. The zero-order chi connectivity index (χ0) is 26.4. The Morgan fingerprint density at radius 1 is 0.615 bits per heavy atom. The fourth-order valence-electron chi connectivity index (χ4n) is 4.40. The molecule has 210 valence electrons. The fourth-order valence-corrected chi connectivity index (χ4v) is 4.40. The first kappa shape index (κ1) is 30.5. The molecule has 3 aromatic heterocycles. The normalized spacial score (nSPS) is 11.6. The van der Waals surface area contributed by atoms with E-state index >= 15 is 0 Å². The van der Waals surface area contributed by atoms with Crippen LogP contribution in [-0.2, 0) is 16.5 Å². The molecular formula is C30H40N8Ni. The van der Waals surface area contributed by atoms with E-state index in [2.05, 4.69) is 73.7 Å². The maximum Gasteiger partial charge on any atom is 0.0659 e. The number of hydrogen-bond donors (Lipinski definition) is 6. The molecule has 8 nitrogen and oxygen atoms in total. The smallest absolute Gasteiger partial charge is 0.0659 e. The van der Waals surface area contributed by atoms with Gasteiger partial charge in [-0.2, -0.15) is 11.1 Å². The number of rotatable bonds is 11. The summed E-state index contributed by atoms with van der Waals surface area (Å²) < 4.78 is 0. The summed E-state index contributed by atoms with van der Waals surface area (Å²) in [6.07, 6.45) is 18.9. The number of nitrogens with two attached hydrogens (primary N) is 1. The van der Waals surface area contributed by atoms with E-state index in [-0.39, 0.29) is 16.5 Å². The average Bonchev–Trinajstić information content (AvgIpc) is 3.72. The van der Waals surface area contributed by atoms with Gasteiger partial charge in [0.05, 0.1) is 22.8 Å². The van der Waals surface area contributed by atoms with E-state index in [1.807, 2.05) is 42.5 Å². The van der Waals surface area contributed by atoms with Crippen LogP contribution in [0.3, 0.4) is 0 Å². The van der Waals surface area contributed by atoms with Gasteiger partial charge in [-0.3, -0.25) is 5.84 Å². The first-order chi connectivity index (χ1) is 18.7. The van der Waals surface area contributed by atoms with Crippen molar-refractivity contribution in [1.82, 2.24) is 36.4 Å². The Hall–Kier alpha value is -3.07. The molecule has 3 aromatic rings. The van der Waals surface area contributed by atoms with Gasteiger partial charge >= 0.3 is 0 Å². The van der Waals surface area contributed by atoms with Crippen molar-refractivity contribution < 1.29 is 16.5 Å². The van der Waals surface area contributed by atoms with Crippen LogP contribution in [0.5, 0.6) is 0 Å². The van der Waals surface area contributed by atoms with Gasteiger partial charge in [-0.1, -0.05) is 51.9 Å². The fraction of sp³-hybridized carbons (Fsp3) is 0.333. The number of unbranched alkanes of at least 4 members (excludes halogenated alkanes) is 7. The molecule has 0 amide bonds. The summed E-state index contributed by atoms with van der Waals surface area (Å²) in [5.74, 6) is 5.01. The van der Waals surface area contributed by atoms with Crippen molar-refractivity contribution in [3.05, 3.63) is 71.3 Å². The number of fused-ring (bicyclic) bond motifs is 8. The topological polar surface area (TPSA) is 119 Å². The molecule has 2 aliphatic rings. The summed E-state index contributed by atoms with van der Waals surface area (Å²) in [5.41, 5.74) is 15.8. The van der Waals surface area contributed by atoms with Crippen LogP contribution in [0.1, 0.15) is 81.1 Å². The number of hydrazine groups is 3. The van der Waals surface area contributed by atoms with Crippen molar-refractivity contribution in [2.45, 2.75) is 58.3 Å². The van der Waals surface area contributed by atoms with Crippen LogP contribution in [0.25, 0.3) is 46.4 Å². The Labute approximate surface area is 240 Å². The minimum atomic E-state index is 0. The Balaban J connectivity index is 0.000000245. The molecule has 0 fully saturated rings. The van der Waals surface area contributed by atoms with Crippen LogP contribution in [0.15, 0.2) is 48.5 Å².